The van der Waals surface area contributed by atoms with Crippen molar-refractivity contribution in [3.8, 4) is 0 Å². The number of nitrogens with one attached hydrogen (secondary N) is 1. The smallest absolute Gasteiger partial charge is 0.320 e. The second-order valence-electron chi connectivity index (χ2n) is 4.21. The Morgan fingerprint density at radius 1 is 1.53 bits per heavy atom. The van der Waals surface area contributed by atoms with Gasteiger partial charge in [0.2, 0.25) is 0 Å². The Bertz CT molecular complexity index is 188. The summed E-state index contributed by atoms with van der Waals surface area (Å²) in [5, 5.41) is 3.02. The molecule has 0 aromatic carbocycles. The first-order chi connectivity index (χ1) is 7.18. The fraction of sp³-hybridized carbons (Fsp3) is 0.909. The van der Waals surface area contributed by atoms with Gasteiger partial charge in [0.1, 0.15) is 6.61 Å². The summed E-state index contributed by atoms with van der Waals surface area (Å²) in [6, 6.07) is 0.309. The second-order valence-corrected chi connectivity index (χ2v) is 4.21. The standard InChI is InChI=1S/C11H21NO3/c1-9(2)12-7-11(13)15-8-10-5-3-4-6-14-10/h9-10,12H,3-8H2,1-2H3. The van der Waals surface area contributed by atoms with Gasteiger partial charge in [-0.15, -0.1) is 0 Å². The summed E-state index contributed by atoms with van der Waals surface area (Å²) in [6.07, 6.45) is 3.42. The predicted octanol–water partition coefficient (Wildman–Crippen LogP) is 1.10. The van der Waals surface area contributed by atoms with Crippen molar-refractivity contribution >= 4 is 5.97 Å². The third kappa shape index (κ3) is 5.74. The highest BCUT2D eigenvalue weighted by Crippen LogP contribution is 2.12. The van der Waals surface area contributed by atoms with Crippen molar-refractivity contribution in [1.82, 2.24) is 5.32 Å². The van der Waals surface area contributed by atoms with E-state index in [2.05, 4.69) is 5.32 Å². The molecule has 0 aliphatic carbocycles. The van der Waals surface area contributed by atoms with E-state index in [0.717, 1.165) is 19.4 Å². The molecule has 0 spiro atoms. The number of ether oxygens (including phenoxy) is 2. The van der Waals surface area contributed by atoms with Gasteiger partial charge in [-0.2, -0.15) is 0 Å². The second kappa shape index (κ2) is 6.80. The van der Waals surface area contributed by atoms with E-state index in [-0.39, 0.29) is 18.6 Å². The Labute approximate surface area is 91.3 Å². The highest BCUT2D eigenvalue weighted by Gasteiger charge is 2.15. The van der Waals surface area contributed by atoms with Crippen LogP contribution in [-0.4, -0.2) is 37.9 Å². The van der Waals surface area contributed by atoms with Crippen molar-refractivity contribution in [2.75, 3.05) is 19.8 Å². The summed E-state index contributed by atoms with van der Waals surface area (Å²) in [5.74, 6) is -0.196. The van der Waals surface area contributed by atoms with E-state index < -0.39 is 0 Å². The molecule has 1 unspecified atom stereocenters. The highest BCUT2D eigenvalue weighted by molar-refractivity contribution is 5.71. The fourth-order valence-corrected chi connectivity index (χ4v) is 1.46. The van der Waals surface area contributed by atoms with Gasteiger partial charge in [0.25, 0.3) is 0 Å². The number of esters is 1. The van der Waals surface area contributed by atoms with E-state index in [4.69, 9.17) is 9.47 Å². The molecule has 15 heavy (non-hydrogen) atoms. The third-order valence-corrected chi connectivity index (χ3v) is 2.36. The van der Waals surface area contributed by atoms with Crippen LogP contribution in [0.2, 0.25) is 0 Å². The predicted molar refractivity (Wildman–Crippen MR) is 57.7 cm³/mol. The molecule has 1 aliphatic rings. The van der Waals surface area contributed by atoms with Gasteiger partial charge < -0.3 is 14.8 Å². The summed E-state index contributed by atoms with van der Waals surface area (Å²) in [6.45, 7) is 5.48. The minimum Gasteiger partial charge on any atom is -0.462 e. The van der Waals surface area contributed by atoms with Gasteiger partial charge >= 0.3 is 5.97 Å². The molecule has 0 radical (unpaired) electrons. The number of carbonyl (C=O) groups excluding carboxylic acids is 1. The molecular formula is C11H21NO3. The van der Waals surface area contributed by atoms with Crippen LogP contribution in [0.25, 0.3) is 0 Å². The number of carbonyl (C=O) groups is 1. The maximum absolute atomic E-state index is 11.2. The summed E-state index contributed by atoms with van der Waals surface area (Å²) in [4.78, 5) is 11.2. The summed E-state index contributed by atoms with van der Waals surface area (Å²) < 4.78 is 10.6. The Kier molecular flexibility index (Phi) is 5.65. The van der Waals surface area contributed by atoms with Crippen molar-refractivity contribution in [1.29, 1.82) is 0 Å². The molecule has 1 aliphatic heterocycles. The normalized spacial score (nSPS) is 21.7. The van der Waals surface area contributed by atoms with E-state index in [1.165, 1.54) is 6.42 Å². The minimum atomic E-state index is -0.196. The molecule has 1 saturated heterocycles. The van der Waals surface area contributed by atoms with E-state index in [0.29, 0.717) is 12.6 Å². The monoisotopic (exact) mass is 215 g/mol. The van der Waals surface area contributed by atoms with Gasteiger partial charge in [-0.05, 0) is 19.3 Å². The zero-order valence-corrected chi connectivity index (χ0v) is 9.62. The SMILES string of the molecule is CC(C)NCC(=O)OCC1CCCCO1. The van der Waals surface area contributed by atoms with Gasteiger partial charge in [0.15, 0.2) is 0 Å². The van der Waals surface area contributed by atoms with E-state index in [1.54, 1.807) is 0 Å². The molecule has 1 atom stereocenters. The third-order valence-electron chi connectivity index (χ3n) is 2.36. The molecule has 0 aromatic heterocycles. The number of hydrogen-bond donors (Lipinski definition) is 1. The summed E-state index contributed by atoms with van der Waals surface area (Å²) in [7, 11) is 0. The fourth-order valence-electron chi connectivity index (χ4n) is 1.46. The maximum Gasteiger partial charge on any atom is 0.320 e. The summed E-state index contributed by atoms with van der Waals surface area (Å²) >= 11 is 0. The molecule has 4 heteroatoms. The van der Waals surface area contributed by atoms with Crippen LogP contribution < -0.4 is 5.32 Å². The van der Waals surface area contributed by atoms with Crippen molar-refractivity contribution in [3.63, 3.8) is 0 Å². The molecule has 1 heterocycles. The molecule has 0 saturated carbocycles. The molecule has 0 aromatic rings. The van der Waals surface area contributed by atoms with Gasteiger partial charge in [-0.1, -0.05) is 13.8 Å². The first-order valence-electron chi connectivity index (χ1n) is 5.69. The lowest BCUT2D eigenvalue weighted by Crippen LogP contribution is -2.33. The largest absolute Gasteiger partial charge is 0.462 e. The van der Waals surface area contributed by atoms with E-state index >= 15 is 0 Å². The van der Waals surface area contributed by atoms with Crippen LogP contribution in [0.4, 0.5) is 0 Å². The lowest BCUT2D eigenvalue weighted by atomic mass is 10.1. The lowest BCUT2D eigenvalue weighted by Gasteiger charge is -2.22. The van der Waals surface area contributed by atoms with Crippen LogP contribution >= 0.6 is 0 Å². The van der Waals surface area contributed by atoms with E-state index in [9.17, 15) is 4.79 Å². The zero-order valence-electron chi connectivity index (χ0n) is 9.62. The zero-order chi connectivity index (χ0) is 11.1. The first kappa shape index (κ1) is 12.5. The molecule has 0 bridgehead atoms. The van der Waals surface area contributed by atoms with Gasteiger partial charge in [-0.25, -0.2) is 0 Å². The molecule has 1 N–H and O–H groups in total. The molecule has 1 fully saturated rings. The van der Waals surface area contributed by atoms with Gasteiger partial charge in [0, 0.05) is 12.6 Å². The lowest BCUT2D eigenvalue weighted by molar-refractivity contribution is -0.148. The van der Waals surface area contributed by atoms with Crippen LogP contribution in [0.15, 0.2) is 0 Å². The van der Waals surface area contributed by atoms with Crippen LogP contribution in [0.3, 0.4) is 0 Å². The van der Waals surface area contributed by atoms with Crippen LogP contribution in [0.1, 0.15) is 33.1 Å². The minimum absolute atomic E-state index is 0.113. The topological polar surface area (TPSA) is 47.6 Å². The van der Waals surface area contributed by atoms with Crippen molar-refractivity contribution in [3.05, 3.63) is 0 Å². The Balaban J connectivity index is 2.05. The molecule has 4 nitrogen and oxygen atoms in total. The maximum atomic E-state index is 11.2. The van der Waals surface area contributed by atoms with Gasteiger partial charge in [0.05, 0.1) is 12.6 Å². The van der Waals surface area contributed by atoms with Crippen LogP contribution in [0.5, 0.6) is 0 Å². The Morgan fingerprint density at radius 3 is 2.93 bits per heavy atom. The quantitative estimate of drug-likeness (QED) is 0.698. The molecule has 1 rings (SSSR count). The van der Waals surface area contributed by atoms with Crippen molar-refractivity contribution < 1.29 is 14.3 Å². The van der Waals surface area contributed by atoms with Crippen LogP contribution in [0, 0.1) is 0 Å². The van der Waals surface area contributed by atoms with Crippen molar-refractivity contribution in [2.45, 2.75) is 45.3 Å². The Morgan fingerprint density at radius 2 is 2.33 bits per heavy atom. The number of hydrogen-bond acceptors (Lipinski definition) is 4. The average Bonchev–Trinajstić information content (AvgIpc) is 2.25. The summed E-state index contributed by atoms with van der Waals surface area (Å²) in [5.41, 5.74) is 0. The van der Waals surface area contributed by atoms with Crippen molar-refractivity contribution in [2.24, 2.45) is 0 Å². The highest BCUT2D eigenvalue weighted by atomic mass is 16.6. The first-order valence-corrected chi connectivity index (χ1v) is 5.69. The Hall–Kier alpha value is -0.610. The molecule has 0 amide bonds. The molecular weight excluding hydrogens is 194 g/mol. The van der Waals surface area contributed by atoms with Crippen LogP contribution in [-0.2, 0) is 14.3 Å². The average molecular weight is 215 g/mol. The number of rotatable bonds is 5. The van der Waals surface area contributed by atoms with E-state index in [1.807, 2.05) is 13.8 Å². The van der Waals surface area contributed by atoms with Gasteiger partial charge in [-0.3, -0.25) is 4.79 Å². The molecule has 88 valence electrons.